The third-order valence-electron chi connectivity index (χ3n) is 3.46. The zero-order chi connectivity index (χ0) is 15.6. The molecule has 1 aliphatic rings. The van der Waals surface area contributed by atoms with Gasteiger partial charge >= 0.3 is 5.69 Å². The van der Waals surface area contributed by atoms with Gasteiger partial charge < -0.3 is 4.90 Å². The molecule has 1 aromatic rings. The van der Waals surface area contributed by atoms with Crippen LogP contribution in [-0.4, -0.2) is 28.3 Å². The molecular weight excluding hydrogens is 282 g/mol. The zero-order valence-electron chi connectivity index (χ0n) is 11.6. The lowest BCUT2D eigenvalue weighted by atomic mass is 10.1. The number of amides is 1. The van der Waals surface area contributed by atoms with Crippen LogP contribution in [0.1, 0.15) is 43.0 Å². The van der Waals surface area contributed by atoms with Crippen molar-refractivity contribution >= 4 is 11.6 Å². The highest BCUT2D eigenvalue weighted by Gasteiger charge is 2.34. The number of benzene rings is 1. The Labute approximate surface area is 120 Å². The molecule has 21 heavy (non-hydrogen) atoms. The van der Waals surface area contributed by atoms with E-state index in [-0.39, 0.29) is 6.04 Å². The molecule has 0 atom stereocenters. The highest BCUT2D eigenvalue weighted by molar-refractivity contribution is 5.95. The van der Waals surface area contributed by atoms with Crippen molar-refractivity contribution in [1.82, 2.24) is 4.90 Å². The summed E-state index contributed by atoms with van der Waals surface area (Å²) in [7, 11) is 0. The molecule has 5 nitrogen and oxygen atoms in total. The molecule has 0 radical (unpaired) electrons. The number of halogens is 2. The summed E-state index contributed by atoms with van der Waals surface area (Å²) in [6.07, 6.45) is 3.37. The van der Waals surface area contributed by atoms with Gasteiger partial charge in [-0.2, -0.15) is 4.39 Å². The van der Waals surface area contributed by atoms with Crippen LogP contribution in [0.5, 0.6) is 0 Å². The van der Waals surface area contributed by atoms with Gasteiger partial charge in [-0.3, -0.25) is 14.9 Å². The number of nitro groups is 1. The van der Waals surface area contributed by atoms with Crippen LogP contribution in [0.25, 0.3) is 0 Å². The molecule has 0 aromatic heterocycles. The first kappa shape index (κ1) is 15.3. The van der Waals surface area contributed by atoms with Crippen LogP contribution in [0.3, 0.4) is 0 Å². The number of hydrogen-bond acceptors (Lipinski definition) is 3. The fourth-order valence-corrected chi connectivity index (χ4v) is 2.16. The predicted molar refractivity (Wildman–Crippen MR) is 72.0 cm³/mol. The molecule has 1 fully saturated rings. The van der Waals surface area contributed by atoms with Crippen molar-refractivity contribution in [3.63, 3.8) is 0 Å². The Kier molecular flexibility index (Phi) is 4.50. The maximum absolute atomic E-state index is 13.9. The SMILES string of the molecule is CCCCN(C(=O)c1cc(F)c([N+](=O)[O-])cc1F)C1CC1. The Bertz CT molecular complexity index is 574. The third-order valence-corrected chi connectivity index (χ3v) is 3.46. The Morgan fingerprint density at radius 1 is 1.38 bits per heavy atom. The first-order valence-electron chi connectivity index (χ1n) is 6.90. The quantitative estimate of drug-likeness (QED) is 0.598. The van der Waals surface area contributed by atoms with Crippen LogP contribution < -0.4 is 0 Å². The summed E-state index contributed by atoms with van der Waals surface area (Å²) >= 11 is 0. The molecule has 0 heterocycles. The fourth-order valence-electron chi connectivity index (χ4n) is 2.16. The number of unbranched alkanes of at least 4 members (excludes halogenated alkanes) is 1. The van der Waals surface area contributed by atoms with Gasteiger partial charge in [0.25, 0.3) is 5.91 Å². The molecule has 114 valence electrons. The lowest BCUT2D eigenvalue weighted by molar-refractivity contribution is -0.387. The van der Waals surface area contributed by atoms with E-state index in [2.05, 4.69) is 0 Å². The normalized spacial score (nSPS) is 14.0. The van der Waals surface area contributed by atoms with Gasteiger partial charge in [0.1, 0.15) is 5.82 Å². The minimum absolute atomic E-state index is 0.0710. The Morgan fingerprint density at radius 2 is 2.05 bits per heavy atom. The molecule has 2 rings (SSSR count). The van der Waals surface area contributed by atoms with Crippen molar-refractivity contribution in [2.75, 3.05) is 6.54 Å². The Hall–Kier alpha value is -2.05. The minimum atomic E-state index is -1.20. The van der Waals surface area contributed by atoms with Crippen molar-refractivity contribution in [1.29, 1.82) is 0 Å². The molecule has 0 saturated heterocycles. The van der Waals surface area contributed by atoms with Crippen molar-refractivity contribution in [2.24, 2.45) is 0 Å². The van der Waals surface area contributed by atoms with E-state index in [1.807, 2.05) is 6.92 Å². The molecular formula is C14H16F2N2O3. The number of nitro benzene ring substituents is 1. The molecule has 1 aliphatic carbocycles. The van der Waals surface area contributed by atoms with E-state index in [1.54, 1.807) is 0 Å². The lowest BCUT2D eigenvalue weighted by Gasteiger charge is -2.22. The molecule has 7 heteroatoms. The highest BCUT2D eigenvalue weighted by Crippen LogP contribution is 2.30. The number of rotatable bonds is 6. The maximum Gasteiger partial charge on any atom is 0.307 e. The van der Waals surface area contributed by atoms with Gasteiger partial charge in [-0.1, -0.05) is 13.3 Å². The predicted octanol–water partition coefficient (Wildman–Crippen LogP) is 3.28. The summed E-state index contributed by atoms with van der Waals surface area (Å²) in [4.78, 5) is 23.4. The zero-order valence-corrected chi connectivity index (χ0v) is 11.6. The molecule has 1 amide bonds. The fraction of sp³-hybridized carbons (Fsp3) is 0.500. The summed E-state index contributed by atoms with van der Waals surface area (Å²) in [5.74, 6) is -2.86. The molecule has 0 aliphatic heterocycles. The van der Waals surface area contributed by atoms with Gasteiger partial charge in [0.05, 0.1) is 16.6 Å². The summed E-state index contributed by atoms with van der Waals surface area (Å²) in [6.45, 7) is 2.46. The molecule has 1 saturated carbocycles. The maximum atomic E-state index is 13.9. The van der Waals surface area contributed by atoms with E-state index >= 15 is 0 Å². The van der Waals surface area contributed by atoms with Gasteiger partial charge in [-0.05, 0) is 25.3 Å². The minimum Gasteiger partial charge on any atom is -0.336 e. The van der Waals surface area contributed by atoms with Crippen LogP contribution in [0.4, 0.5) is 14.5 Å². The van der Waals surface area contributed by atoms with Crippen LogP contribution in [0.15, 0.2) is 12.1 Å². The standard InChI is InChI=1S/C14H16F2N2O3/c1-2-3-6-17(9-4-5-9)14(19)10-7-12(16)13(18(20)21)8-11(10)15/h7-9H,2-6H2,1H3. The average molecular weight is 298 g/mol. The number of hydrogen-bond donors (Lipinski definition) is 0. The van der Waals surface area contributed by atoms with Gasteiger partial charge in [0.15, 0.2) is 0 Å². The van der Waals surface area contributed by atoms with E-state index in [0.29, 0.717) is 18.7 Å². The van der Waals surface area contributed by atoms with Crippen molar-refractivity contribution < 1.29 is 18.5 Å². The van der Waals surface area contributed by atoms with E-state index < -0.39 is 33.7 Å². The largest absolute Gasteiger partial charge is 0.336 e. The molecule has 1 aromatic carbocycles. The van der Waals surface area contributed by atoms with E-state index in [9.17, 15) is 23.7 Å². The number of nitrogens with zero attached hydrogens (tertiary/aromatic N) is 2. The van der Waals surface area contributed by atoms with Crippen LogP contribution in [-0.2, 0) is 0 Å². The first-order chi connectivity index (χ1) is 9.95. The van der Waals surface area contributed by atoms with Crippen molar-refractivity contribution in [3.05, 3.63) is 39.4 Å². The smallest absolute Gasteiger partial charge is 0.307 e. The summed E-state index contributed by atoms with van der Waals surface area (Å²) < 4.78 is 27.5. The van der Waals surface area contributed by atoms with E-state index in [0.717, 1.165) is 25.7 Å². The van der Waals surface area contributed by atoms with Crippen LogP contribution in [0.2, 0.25) is 0 Å². The Balaban J connectivity index is 2.29. The average Bonchev–Trinajstić information content (AvgIpc) is 3.25. The molecule has 0 unspecified atom stereocenters. The van der Waals surface area contributed by atoms with Gasteiger partial charge in [0.2, 0.25) is 5.82 Å². The molecule has 0 bridgehead atoms. The van der Waals surface area contributed by atoms with E-state index in [1.165, 1.54) is 4.90 Å². The first-order valence-corrected chi connectivity index (χ1v) is 6.90. The second-order valence-electron chi connectivity index (χ2n) is 5.12. The van der Waals surface area contributed by atoms with E-state index in [4.69, 9.17) is 0 Å². The highest BCUT2D eigenvalue weighted by atomic mass is 19.1. The third kappa shape index (κ3) is 3.34. The second-order valence-corrected chi connectivity index (χ2v) is 5.12. The van der Waals surface area contributed by atoms with Crippen LogP contribution in [0, 0.1) is 21.7 Å². The lowest BCUT2D eigenvalue weighted by Crippen LogP contribution is -2.34. The molecule has 0 spiro atoms. The summed E-state index contributed by atoms with van der Waals surface area (Å²) in [5.41, 5.74) is -1.41. The van der Waals surface area contributed by atoms with Crippen molar-refractivity contribution in [3.8, 4) is 0 Å². The monoisotopic (exact) mass is 298 g/mol. The number of carbonyl (C=O) groups is 1. The Morgan fingerprint density at radius 3 is 2.57 bits per heavy atom. The van der Waals surface area contributed by atoms with Crippen LogP contribution >= 0.6 is 0 Å². The summed E-state index contributed by atoms with van der Waals surface area (Å²) in [6, 6.07) is 1.16. The topological polar surface area (TPSA) is 63.5 Å². The molecule has 0 N–H and O–H groups in total. The van der Waals surface area contributed by atoms with Gasteiger partial charge in [-0.15, -0.1) is 0 Å². The van der Waals surface area contributed by atoms with Gasteiger partial charge in [-0.25, -0.2) is 4.39 Å². The van der Waals surface area contributed by atoms with Gasteiger partial charge in [0, 0.05) is 12.6 Å². The number of carbonyl (C=O) groups excluding carboxylic acids is 1. The second kappa shape index (κ2) is 6.15. The van der Waals surface area contributed by atoms with Crippen molar-refractivity contribution in [2.45, 2.75) is 38.6 Å². The summed E-state index contributed by atoms with van der Waals surface area (Å²) in [5, 5.41) is 10.6.